The number of halogens is 3. The van der Waals surface area contributed by atoms with E-state index in [1.165, 1.54) is 0 Å². The smallest absolute Gasteiger partial charge is 0.243 e. The lowest BCUT2D eigenvalue weighted by molar-refractivity contribution is 0.430. The van der Waals surface area contributed by atoms with E-state index < -0.39 is 37.9 Å². The van der Waals surface area contributed by atoms with Gasteiger partial charge in [0, 0.05) is 12.1 Å². The summed E-state index contributed by atoms with van der Waals surface area (Å²) in [6.45, 7) is 2.93. The summed E-state index contributed by atoms with van der Waals surface area (Å²) >= 11 is 0. The van der Waals surface area contributed by atoms with E-state index in [4.69, 9.17) is 5.73 Å². The van der Waals surface area contributed by atoms with E-state index in [1.54, 1.807) is 13.8 Å². The summed E-state index contributed by atoms with van der Waals surface area (Å²) in [6, 6.07) is 1.19. The second-order valence-corrected chi connectivity index (χ2v) is 6.22. The van der Waals surface area contributed by atoms with Gasteiger partial charge in [0.15, 0.2) is 17.5 Å². The summed E-state index contributed by atoms with van der Waals surface area (Å²) in [6.07, 6.45) is 0. The average Bonchev–Trinajstić information content (AvgIpc) is 2.22. The van der Waals surface area contributed by atoms with Crippen molar-refractivity contribution < 1.29 is 21.6 Å². The van der Waals surface area contributed by atoms with Crippen LogP contribution in [0.1, 0.15) is 13.8 Å². The zero-order valence-corrected chi connectivity index (χ0v) is 10.6. The Balaban J connectivity index is 3.11. The molecule has 18 heavy (non-hydrogen) atoms. The van der Waals surface area contributed by atoms with E-state index in [-0.39, 0.29) is 6.54 Å². The van der Waals surface area contributed by atoms with Gasteiger partial charge < -0.3 is 5.73 Å². The molecule has 3 N–H and O–H groups in total. The third-order valence-electron chi connectivity index (χ3n) is 2.01. The molecule has 1 aromatic carbocycles. The van der Waals surface area contributed by atoms with Gasteiger partial charge >= 0.3 is 0 Å². The Kier molecular flexibility index (Phi) is 4.04. The quantitative estimate of drug-likeness (QED) is 0.813. The summed E-state index contributed by atoms with van der Waals surface area (Å²) in [7, 11) is -4.28. The number of benzene rings is 1. The Bertz CT molecular complexity index is 553. The van der Waals surface area contributed by atoms with Gasteiger partial charge in [-0.05, 0) is 26.0 Å². The molecule has 8 heteroatoms. The fraction of sp³-hybridized carbons (Fsp3) is 0.400. The highest BCUT2D eigenvalue weighted by molar-refractivity contribution is 7.89. The molecule has 0 amide bonds. The molecule has 4 nitrogen and oxygen atoms in total. The van der Waals surface area contributed by atoms with E-state index in [9.17, 15) is 21.6 Å². The van der Waals surface area contributed by atoms with Crippen molar-refractivity contribution in [3.8, 4) is 0 Å². The van der Waals surface area contributed by atoms with Gasteiger partial charge in [-0.2, -0.15) is 0 Å². The molecule has 0 atom stereocenters. The minimum absolute atomic E-state index is 0.173. The third kappa shape index (κ3) is 3.44. The molecule has 0 aromatic heterocycles. The molecule has 0 aliphatic heterocycles. The van der Waals surface area contributed by atoms with E-state index in [0.29, 0.717) is 12.1 Å². The van der Waals surface area contributed by atoms with Gasteiger partial charge in [0.05, 0.1) is 0 Å². The van der Waals surface area contributed by atoms with E-state index in [0.717, 1.165) is 0 Å². The van der Waals surface area contributed by atoms with Crippen LogP contribution in [0, 0.1) is 17.5 Å². The summed E-state index contributed by atoms with van der Waals surface area (Å²) in [5.41, 5.74) is 4.70. The van der Waals surface area contributed by atoms with Gasteiger partial charge in [0.2, 0.25) is 10.0 Å². The summed E-state index contributed by atoms with van der Waals surface area (Å²) in [5, 5.41) is 0. The normalized spacial score (nSPS) is 12.8. The number of nitrogens with two attached hydrogens (primary N) is 1. The third-order valence-corrected chi connectivity index (χ3v) is 3.43. The summed E-state index contributed by atoms with van der Waals surface area (Å²) in [5.74, 6) is -5.03. The van der Waals surface area contributed by atoms with Crippen LogP contribution >= 0.6 is 0 Å². The van der Waals surface area contributed by atoms with Crippen molar-refractivity contribution in [2.45, 2.75) is 24.3 Å². The first-order chi connectivity index (χ1) is 8.04. The van der Waals surface area contributed by atoms with Crippen molar-refractivity contribution in [1.82, 2.24) is 4.72 Å². The van der Waals surface area contributed by atoms with Crippen molar-refractivity contribution >= 4 is 10.0 Å². The Hall–Kier alpha value is -1.12. The molecule has 1 rings (SSSR count). The van der Waals surface area contributed by atoms with Crippen LogP contribution in [-0.4, -0.2) is 20.5 Å². The maximum atomic E-state index is 13.3. The predicted octanol–water partition coefficient (Wildman–Crippen LogP) is 1.12. The van der Waals surface area contributed by atoms with Crippen LogP contribution in [0.4, 0.5) is 13.2 Å². The fourth-order valence-corrected chi connectivity index (χ4v) is 2.36. The van der Waals surface area contributed by atoms with Crippen LogP contribution in [0.5, 0.6) is 0 Å². The lowest BCUT2D eigenvalue weighted by Gasteiger charge is -2.19. The van der Waals surface area contributed by atoms with Gasteiger partial charge in [-0.25, -0.2) is 26.3 Å². The predicted molar refractivity (Wildman–Crippen MR) is 59.8 cm³/mol. The fourth-order valence-electron chi connectivity index (χ4n) is 1.07. The number of sulfonamides is 1. The first-order valence-corrected chi connectivity index (χ1v) is 6.45. The minimum atomic E-state index is -4.28. The van der Waals surface area contributed by atoms with Crippen LogP contribution < -0.4 is 10.5 Å². The highest BCUT2D eigenvalue weighted by Gasteiger charge is 2.25. The van der Waals surface area contributed by atoms with E-state index in [2.05, 4.69) is 0 Å². The van der Waals surface area contributed by atoms with Crippen molar-refractivity contribution in [2.75, 3.05) is 6.54 Å². The highest BCUT2D eigenvalue weighted by atomic mass is 32.2. The molecule has 0 saturated heterocycles. The first-order valence-electron chi connectivity index (χ1n) is 4.96. The first kappa shape index (κ1) is 14.9. The average molecular weight is 282 g/mol. The second-order valence-electron chi connectivity index (χ2n) is 4.49. The van der Waals surface area contributed by atoms with E-state index >= 15 is 0 Å². The Morgan fingerprint density at radius 3 is 2.28 bits per heavy atom. The molecule has 0 unspecified atom stereocenters. The molecule has 0 radical (unpaired) electrons. The second kappa shape index (κ2) is 4.87. The largest absolute Gasteiger partial charge is 0.324 e. The van der Waals surface area contributed by atoms with Crippen LogP contribution in [0.2, 0.25) is 0 Å². The van der Waals surface area contributed by atoms with Gasteiger partial charge in [-0.15, -0.1) is 0 Å². The molecule has 0 spiro atoms. The maximum Gasteiger partial charge on any atom is 0.243 e. The molecule has 0 aliphatic rings. The molecule has 0 saturated carbocycles. The van der Waals surface area contributed by atoms with Crippen LogP contribution in [0.25, 0.3) is 0 Å². The van der Waals surface area contributed by atoms with Crippen molar-refractivity contribution in [1.29, 1.82) is 0 Å². The van der Waals surface area contributed by atoms with E-state index in [1.807, 2.05) is 4.72 Å². The zero-order valence-electron chi connectivity index (χ0n) is 9.80. The highest BCUT2D eigenvalue weighted by Crippen LogP contribution is 2.19. The Labute approximate surface area is 103 Å². The van der Waals surface area contributed by atoms with Crippen molar-refractivity contribution in [3.05, 3.63) is 29.6 Å². The number of rotatable bonds is 4. The lowest BCUT2D eigenvalue weighted by atomic mass is 10.1. The maximum absolute atomic E-state index is 13.3. The Morgan fingerprint density at radius 2 is 1.78 bits per heavy atom. The topological polar surface area (TPSA) is 72.2 Å². The molecule has 0 bridgehead atoms. The minimum Gasteiger partial charge on any atom is -0.324 e. The van der Waals surface area contributed by atoms with Crippen LogP contribution in [0.3, 0.4) is 0 Å². The van der Waals surface area contributed by atoms with Gasteiger partial charge in [-0.1, -0.05) is 0 Å². The number of hydrogen-bond donors (Lipinski definition) is 2. The monoisotopic (exact) mass is 282 g/mol. The number of hydrogen-bond acceptors (Lipinski definition) is 3. The van der Waals surface area contributed by atoms with Gasteiger partial charge in [-0.3, -0.25) is 0 Å². The molecule has 102 valence electrons. The van der Waals surface area contributed by atoms with Crippen molar-refractivity contribution in [3.63, 3.8) is 0 Å². The molecule has 0 aliphatic carbocycles. The molecular formula is C10H13F3N2O2S. The molecule has 0 fully saturated rings. The molecule has 1 aromatic rings. The van der Waals surface area contributed by atoms with Crippen molar-refractivity contribution in [2.24, 2.45) is 5.73 Å². The lowest BCUT2D eigenvalue weighted by Crippen LogP contribution is -2.45. The molecular weight excluding hydrogens is 269 g/mol. The zero-order chi connectivity index (χ0) is 14.1. The standard InChI is InChI=1S/C10H13F3N2O2S/c1-10(2,14)5-15-18(16,17)7-4-3-6(11)8(12)9(7)13/h3-4,15H,5,14H2,1-2H3. The Morgan fingerprint density at radius 1 is 1.22 bits per heavy atom. The molecule has 0 heterocycles. The van der Waals surface area contributed by atoms with Gasteiger partial charge in [0.25, 0.3) is 0 Å². The summed E-state index contributed by atoms with van der Waals surface area (Å²) in [4.78, 5) is -0.953. The number of nitrogens with one attached hydrogen (secondary N) is 1. The van der Waals surface area contributed by atoms with Crippen LogP contribution in [-0.2, 0) is 10.0 Å². The summed E-state index contributed by atoms with van der Waals surface area (Å²) < 4.78 is 64.3. The SMILES string of the molecule is CC(C)(N)CNS(=O)(=O)c1ccc(F)c(F)c1F. The van der Waals surface area contributed by atoms with Gasteiger partial charge in [0.1, 0.15) is 4.90 Å². The van der Waals surface area contributed by atoms with Crippen LogP contribution in [0.15, 0.2) is 17.0 Å².